The second-order valence-corrected chi connectivity index (χ2v) is 4.62. The van der Waals surface area contributed by atoms with Gasteiger partial charge in [0.25, 0.3) is 0 Å². The molecule has 0 saturated carbocycles. The van der Waals surface area contributed by atoms with Crippen LogP contribution in [0.4, 0.5) is 29.2 Å². The van der Waals surface area contributed by atoms with E-state index in [9.17, 15) is 17.6 Å². The van der Waals surface area contributed by atoms with Crippen LogP contribution in [0.2, 0.25) is 0 Å². The molecule has 114 valence electrons. The molecule has 1 rings (SSSR count). The van der Waals surface area contributed by atoms with Crippen molar-refractivity contribution >= 4 is 11.6 Å². The quantitative estimate of drug-likeness (QED) is 0.427. The molecule has 20 heavy (non-hydrogen) atoms. The zero-order valence-corrected chi connectivity index (χ0v) is 11.3. The highest BCUT2D eigenvalue weighted by molar-refractivity contribution is 5.57. The van der Waals surface area contributed by atoms with Crippen LogP contribution in [-0.4, -0.2) is 28.9 Å². The molecule has 1 aromatic heterocycles. The van der Waals surface area contributed by atoms with Gasteiger partial charge >= 0.3 is 12.3 Å². The molecule has 0 amide bonds. The summed E-state index contributed by atoms with van der Waals surface area (Å²) in [5.41, 5.74) is 2.70. The van der Waals surface area contributed by atoms with E-state index in [1.807, 2.05) is 13.8 Å². The number of nitrogens with one attached hydrogen (secondary N) is 2. The molecule has 0 atom stereocenters. The van der Waals surface area contributed by atoms with Gasteiger partial charge < -0.3 is 10.7 Å². The lowest BCUT2D eigenvalue weighted by Crippen LogP contribution is -2.35. The van der Waals surface area contributed by atoms with Gasteiger partial charge in [-0.2, -0.15) is 8.78 Å². The minimum absolute atomic E-state index is 0.0528. The Morgan fingerprint density at radius 2 is 1.75 bits per heavy atom. The zero-order chi connectivity index (χ0) is 15.5. The van der Waals surface area contributed by atoms with Crippen LogP contribution in [0.3, 0.4) is 0 Å². The third-order valence-electron chi connectivity index (χ3n) is 2.63. The number of aromatic nitrogens is 2. The average molecular weight is 295 g/mol. The largest absolute Gasteiger partial charge is 0.363 e. The third kappa shape index (κ3) is 3.69. The Kier molecular flexibility index (Phi) is 5.09. The van der Waals surface area contributed by atoms with Crippen molar-refractivity contribution in [2.75, 3.05) is 17.3 Å². The monoisotopic (exact) mass is 295 g/mol. The number of nitrogen functional groups attached to an aromatic ring is 1. The molecule has 0 aliphatic heterocycles. The third-order valence-corrected chi connectivity index (χ3v) is 2.63. The number of hydrogen-bond donors (Lipinski definition) is 3. The molecule has 0 fully saturated rings. The average Bonchev–Trinajstić information content (AvgIpc) is 2.37. The molecule has 0 aliphatic rings. The van der Waals surface area contributed by atoms with Crippen LogP contribution < -0.4 is 16.6 Å². The first-order valence-electron chi connectivity index (χ1n) is 5.94. The first-order valence-corrected chi connectivity index (χ1v) is 5.94. The van der Waals surface area contributed by atoms with Crippen molar-refractivity contribution in [3.63, 3.8) is 0 Å². The summed E-state index contributed by atoms with van der Waals surface area (Å²) in [4.78, 5) is 8.15. The summed E-state index contributed by atoms with van der Waals surface area (Å²) < 4.78 is 50.0. The predicted molar refractivity (Wildman–Crippen MR) is 68.1 cm³/mol. The van der Waals surface area contributed by atoms with Crippen LogP contribution in [0.5, 0.6) is 0 Å². The van der Waals surface area contributed by atoms with E-state index in [1.54, 1.807) is 6.92 Å². The molecule has 0 bridgehead atoms. The maximum Gasteiger partial charge on any atom is 0.324 e. The molecule has 1 aromatic rings. The molecule has 9 heteroatoms. The number of anilines is 2. The molecular weight excluding hydrogens is 278 g/mol. The van der Waals surface area contributed by atoms with E-state index in [4.69, 9.17) is 5.84 Å². The fourth-order valence-corrected chi connectivity index (χ4v) is 1.38. The Bertz CT molecular complexity index is 464. The molecular formula is C11H17F4N5. The Hall–Kier alpha value is -1.64. The minimum atomic E-state index is -4.13. The fraction of sp³-hybridized carbons (Fsp3) is 0.636. The van der Waals surface area contributed by atoms with Crippen LogP contribution in [0.25, 0.3) is 0 Å². The molecule has 0 saturated heterocycles. The van der Waals surface area contributed by atoms with Crippen LogP contribution >= 0.6 is 0 Å². The molecule has 5 nitrogen and oxygen atoms in total. The van der Waals surface area contributed by atoms with Gasteiger partial charge in [-0.3, -0.25) is 0 Å². The van der Waals surface area contributed by atoms with E-state index in [-0.39, 0.29) is 17.6 Å². The maximum absolute atomic E-state index is 12.9. The summed E-state index contributed by atoms with van der Waals surface area (Å²) in [5, 5.41) is 2.23. The molecule has 0 aliphatic carbocycles. The van der Waals surface area contributed by atoms with Crippen molar-refractivity contribution in [1.82, 2.24) is 9.97 Å². The first-order chi connectivity index (χ1) is 9.19. The van der Waals surface area contributed by atoms with Gasteiger partial charge in [0.15, 0.2) is 0 Å². The van der Waals surface area contributed by atoms with Gasteiger partial charge in [0.1, 0.15) is 17.5 Å². The fourth-order valence-electron chi connectivity index (χ4n) is 1.38. The first kappa shape index (κ1) is 16.4. The van der Waals surface area contributed by atoms with Crippen LogP contribution in [0, 0.1) is 6.92 Å². The van der Waals surface area contributed by atoms with Gasteiger partial charge in [-0.05, 0) is 6.92 Å². The van der Waals surface area contributed by atoms with Crippen molar-refractivity contribution in [2.24, 2.45) is 5.84 Å². The molecule has 0 radical (unpaired) electrons. The van der Waals surface area contributed by atoms with Gasteiger partial charge in [0.05, 0.1) is 6.54 Å². The number of nitrogens with two attached hydrogens (primary N) is 1. The topological polar surface area (TPSA) is 75.9 Å². The normalized spacial score (nSPS) is 12.1. The summed E-state index contributed by atoms with van der Waals surface area (Å²) in [6.07, 6.45) is -3.74. The van der Waals surface area contributed by atoms with Gasteiger partial charge in [0, 0.05) is 11.5 Å². The number of halogens is 4. The maximum atomic E-state index is 12.9. The summed E-state index contributed by atoms with van der Waals surface area (Å²) in [5.74, 6) is 1.75. The van der Waals surface area contributed by atoms with Gasteiger partial charge in [-0.25, -0.2) is 24.6 Å². The minimum Gasteiger partial charge on any atom is -0.363 e. The second-order valence-electron chi connectivity index (χ2n) is 4.62. The summed E-state index contributed by atoms with van der Waals surface area (Å²) >= 11 is 0. The van der Waals surface area contributed by atoms with Gasteiger partial charge in [-0.1, -0.05) is 13.8 Å². The number of rotatable bonds is 6. The van der Waals surface area contributed by atoms with Crippen LogP contribution in [0.1, 0.15) is 31.2 Å². The Morgan fingerprint density at radius 1 is 1.20 bits per heavy atom. The molecule has 0 unspecified atom stereocenters. The lowest BCUT2D eigenvalue weighted by Gasteiger charge is -2.19. The van der Waals surface area contributed by atoms with Crippen LogP contribution in [-0.2, 0) is 0 Å². The van der Waals surface area contributed by atoms with E-state index in [1.165, 1.54) is 0 Å². The molecule has 0 aromatic carbocycles. The van der Waals surface area contributed by atoms with E-state index in [0.29, 0.717) is 11.4 Å². The highest BCUT2D eigenvalue weighted by Crippen LogP contribution is 2.26. The standard InChI is InChI=1S/C11H17F4N5/c1-5(2)7-18-8(6(3)9(19-7)20-16)17-4-11(14,15)10(12)13/h5,10H,4,16H2,1-3H3,(H2,17,18,19,20). The van der Waals surface area contributed by atoms with E-state index in [2.05, 4.69) is 20.7 Å². The van der Waals surface area contributed by atoms with Crippen molar-refractivity contribution in [3.05, 3.63) is 11.4 Å². The molecule has 4 N–H and O–H groups in total. The van der Waals surface area contributed by atoms with Crippen molar-refractivity contribution < 1.29 is 17.6 Å². The molecule has 0 spiro atoms. The Balaban J connectivity index is 3.02. The zero-order valence-electron chi connectivity index (χ0n) is 11.3. The van der Waals surface area contributed by atoms with Gasteiger partial charge in [-0.15, -0.1) is 0 Å². The summed E-state index contributed by atoms with van der Waals surface area (Å²) in [7, 11) is 0. The highest BCUT2D eigenvalue weighted by Gasteiger charge is 2.40. The molecule has 1 heterocycles. The van der Waals surface area contributed by atoms with Gasteiger partial charge in [0.2, 0.25) is 0 Å². The highest BCUT2D eigenvalue weighted by atomic mass is 19.3. The SMILES string of the molecule is Cc1c(NN)nc(C(C)C)nc1NCC(F)(F)C(F)F. The van der Waals surface area contributed by atoms with E-state index >= 15 is 0 Å². The van der Waals surface area contributed by atoms with Crippen molar-refractivity contribution in [3.8, 4) is 0 Å². The smallest absolute Gasteiger partial charge is 0.324 e. The Labute approximate surface area is 113 Å². The lowest BCUT2D eigenvalue weighted by atomic mass is 10.2. The second kappa shape index (κ2) is 6.21. The van der Waals surface area contributed by atoms with E-state index < -0.39 is 18.9 Å². The Morgan fingerprint density at radius 3 is 2.20 bits per heavy atom. The number of hydrogen-bond acceptors (Lipinski definition) is 5. The summed E-state index contributed by atoms with van der Waals surface area (Å²) in [6, 6.07) is 0. The summed E-state index contributed by atoms with van der Waals surface area (Å²) in [6.45, 7) is 3.94. The van der Waals surface area contributed by atoms with Crippen molar-refractivity contribution in [1.29, 1.82) is 0 Å². The lowest BCUT2D eigenvalue weighted by molar-refractivity contribution is -0.117. The van der Waals surface area contributed by atoms with Crippen LogP contribution in [0.15, 0.2) is 0 Å². The number of nitrogens with zero attached hydrogens (tertiary/aromatic N) is 2. The predicted octanol–water partition coefficient (Wildman–Crippen LogP) is 2.51. The number of alkyl halides is 4. The van der Waals surface area contributed by atoms with Crippen molar-refractivity contribution in [2.45, 2.75) is 39.0 Å². The number of hydrazine groups is 1. The van der Waals surface area contributed by atoms with E-state index in [0.717, 1.165) is 0 Å².